The number of nitrogens with one attached hydrogen (secondary N) is 1. The van der Waals surface area contributed by atoms with Gasteiger partial charge < -0.3 is 5.11 Å². The van der Waals surface area contributed by atoms with Gasteiger partial charge in [0.15, 0.2) is 5.78 Å². The third kappa shape index (κ3) is 4.19. The zero-order valence-electron chi connectivity index (χ0n) is 13.3. The summed E-state index contributed by atoms with van der Waals surface area (Å²) in [5.74, 6) is -0.318. The van der Waals surface area contributed by atoms with Gasteiger partial charge in [0, 0.05) is 12.8 Å². The minimum atomic E-state index is -3.80. The van der Waals surface area contributed by atoms with Crippen LogP contribution in [-0.2, 0) is 14.8 Å². The highest BCUT2D eigenvalue weighted by Gasteiger charge is 2.32. The van der Waals surface area contributed by atoms with Crippen LogP contribution in [0.5, 0.6) is 0 Å². The number of Topliss-reactive ketones (excluding diaryl/α,β-unsaturated/α-hetero) is 1. The van der Waals surface area contributed by atoms with Crippen LogP contribution in [0.4, 0.5) is 0 Å². The third-order valence-electron chi connectivity index (χ3n) is 3.59. The van der Waals surface area contributed by atoms with Crippen LogP contribution in [-0.4, -0.2) is 25.5 Å². The Morgan fingerprint density at radius 2 is 1.83 bits per heavy atom. The SMILES string of the molecule is Cc1ccc(S(=O)(=O)N/N=C/C2=C(O)CC(C)(C)CC2=O)cc1. The maximum Gasteiger partial charge on any atom is 0.276 e. The van der Waals surface area contributed by atoms with Crippen LogP contribution in [0.2, 0.25) is 0 Å². The molecule has 23 heavy (non-hydrogen) atoms. The molecule has 0 aromatic heterocycles. The second kappa shape index (κ2) is 6.16. The van der Waals surface area contributed by atoms with Gasteiger partial charge in [0.25, 0.3) is 10.0 Å². The number of hydrogen-bond donors (Lipinski definition) is 2. The number of benzene rings is 1. The highest BCUT2D eigenvalue weighted by Crippen LogP contribution is 2.35. The second-order valence-electron chi connectivity index (χ2n) is 6.47. The highest BCUT2D eigenvalue weighted by atomic mass is 32.2. The summed E-state index contributed by atoms with van der Waals surface area (Å²) in [5.41, 5.74) is 0.689. The van der Waals surface area contributed by atoms with Gasteiger partial charge in [-0.15, -0.1) is 0 Å². The van der Waals surface area contributed by atoms with E-state index in [1.807, 2.05) is 25.6 Å². The number of aryl methyl sites for hydroxylation is 1. The lowest BCUT2D eigenvalue weighted by atomic mass is 9.77. The number of sulfonamides is 1. The number of hydrogen-bond acceptors (Lipinski definition) is 5. The zero-order chi connectivity index (χ0) is 17.3. The summed E-state index contributed by atoms with van der Waals surface area (Å²) < 4.78 is 24.1. The molecule has 2 rings (SSSR count). The predicted molar refractivity (Wildman–Crippen MR) is 87.7 cm³/mol. The van der Waals surface area contributed by atoms with Gasteiger partial charge in [0.2, 0.25) is 0 Å². The van der Waals surface area contributed by atoms with Crippen LogP contribution in [0.1, 0.15) is 32.3 Å². The van der Waals surface area contributed by atoms with E-state index in [1.165, 1.54) is 12.1 Å². The third-order valence-corrected chi connectivity index (χ3v) is 4.83. The van der Waals surface area contributed by atoms with Crippen molar-refractivity contribution in [2.24, 2.45) is 10.5 Å². The van der Waals surface area contributed by atoms with Crippen molar-refractivity contribution in [3.05, 3.63) is 41.2 Å². The standard InChI is InChI=1S/C16H20N2O4S/c1-11-4-6-12(7-5-11)23(21,22)18-17-10-13-14(19)8-16(2,3)9-15(13)20/h4-7,10,18-19H,8-9H2,1-3H3/b17-10+. The van der Waals surface area contributed by atoms with Crippen LogP contribution < -0.4 is 4.83 Å². The number of allylic oxidation sites excluding steroid dienone is 2. The number of carbonyl (C=O) groups excluding carboxylic acids is 1. The van der Waals surface area contributed by atoms with Crippen molar-refractivity contribution >= 4 is 22.0 Å². The smallest absolute Gasteiger partial charge is 0.276 e. The van der Waals surface area contributed by atoms with Gasteiger partial charge in [0.1, 0.15) is 5.76 Å². The average Bonchev–Trinajstić information content (AvgIpc) is 2.41. The monoisotopic (exact) mass is 336 g/mol. The maximum atomic E-state index is 12.1. The molecule has 2 N–H and O–H groups in total. The van der Waals surface area contributed by atoms with Crippen molar-refractivity contribution in [1.29, 1.82) is 0 Å². The number of ketones is 1. The second-order valence-corrected chi connectivity index (χ2v) is 8.13. The Morgan fingerprint density at radius 1 is 1.22 bits per heavy atom. The zero-order valence-corrected chi connectivity index (χ0v) is 14.1. The van der Waals surface area contributed by atoms with E-state index in [0.717, 1.165) is 11.8 Å². The fourth-order valence-corrected chi connectivity index (χ4v) is 3.17. The molecule has 1 aliphatic rings. The fourth-order valence-electron chi connectivity index (χ4n) is 2.38. The van der Waals surface area contributed by atoms with Gasteiger partial charge in [-0.1, -0.05) is 31.5 Å². The van der Waals surface area contributed by atoms with Gasteiger partial charge in [-0.25, -0.2) is 4.83 Å². The lowest BCUT2D eigenvalue weighted by Gasteiger charge is -2.28. The lowest BCUT2D eigenvalue weighted by molar-refractivity contribution is -0.117. The Labute approximate surface area is 136 Å². The van der Waals surface area contributed by atoms with E-state index < -0.39 is 10.0 Å². The molecule has 0 spiro atoms. The molecule has 7 heteroatoms. The number of rotatable bonds is 4. The average molecular weight is 336 g/mol. The van der Waals surface area contributed by atoms with E-state index in [1.54, 1.807) is 12.1 Å². The first kappa shape index (κ1) is 17.2. The number of aliphatic hydroxyl groups excluding tert-OH is 1. The summed E-state index contributed by atoms with van der Waals surface area (Å²) in [6.07, 6.45) is 1.70. The van der Waals surface area contributed by atoms with E-state index in [9.17, 15) is 18.3 Å². The van der Waals surface area contributed by atoms with E-state index >= 15 is 0 Å². The number of carbonyl (C=O) groups is 1. The molecule has 0 saturated heterocycles. The Kier molecular flexibility index (Phi) is 4.61. The summed E-state index contributed by atoms with van der Waals surface area (Å²) in [7, 11) is -3.80. The molecule has 0 unspecified atom stereocenters. The number of nitrogens with zero attached hydrogens (tertiary/aromatic N) is 1. The predicted octanol–water partition coefficient (Wildman–Crippen LogP) is 2.46. The molecule has 0 saturated carbocycles. The Bertz CT molecular complexity index is 775. The summed E-state index contributed by atoms with van der Waals surface area (Å²) >= 11 is 0. The van der Waals surface area contributed by atoms with Crippen LogP contribution in [0.3, 0.4) is 0 Å². The van der Waals surface area contributed by atoms with Crippen molar-refractivity contribution in [3.63, 3.8) is 0 Å². The molecule has 0 heterocycles. The van der Waals surface area contributed by atoms with Crippen LogP contribution in [0, 0.1) is 12.3 Å². The van der Waals surface area contributed by atoms with Crippen LogP contribution in [0.15, 0.2) is 45.6 Å². The Balaban J connectivity index is 2.15. The molecule has 1 aromatic carbocycles. The quantitative estimate of drug-likeness (QED) is 0.652. The molecule has 0 atom stereocenters. The normalized spacial score (nSPS) is 18.5. The van der Waals surface area contributed by atoms with E-state index in [0.29, 0.717) is 6.42 Å². The minimum absolute atomic E-state index is 0.0518. The molecule has 124 valence electrons. The molecule has 0 fully saturated rings. The molecule has 6 nitrogen and oxygen atoms in total. The van der Waals surface area contributed by atoms with Gasteiger partial charge >= 0.3 is 0 Å². The molecule has 1 aliphatic carbocycles. The topological polar surface area (TPSA) is 95.8 Å². The molecule has 0 radical (unpaired) electrons. The summed E-state index contributed by atoms with van der Waals surface area (Å²) in [6, 6.07) is 6.30. The van der Waals surface area contributed by atoms with Crippen molar-refractivity contribution < 1.29 is 18.3 Å². The highest BCUT2D eigenvalue weighted by molar-refractivity contribution is 7.89. The summed E-state index contributed by atoms with van der Waals surface area (Å²) in [5, 5.41) is 13.6. The molecule has 0 amide bonds. The molecular weight excluding hydrogens is 316 g/mol. The maximum absolute atomic E-state index is 12.1. The van der Waals surface area contributed by atoms with Gasteiger partial charge in [-0.2, -0.15) is 13.5 Å². The lowest BCUT2D eigenvalue weighted by Crippen LogP contribution is -2.27. The van der Waals surface area contributed by atoms with Crippen LogP contribution in [0.25, 0.3) is 0 Å². The number of hydrazone groups is 1. The van der Waals surface area contributed by atoms with Crippen LogP contribution >= 0.6 is 0 Å². The van der Waals surface area contributed by atoms with Crippen molar-refractivity contribution in [3.8, 4) is 0 Å². The molecule has 0 aliphatic heterocycles. The Hall–Kier alpha value is -2.15. The molecule has 1 aromatic rings. The molecular formula is C16H20N2O4S. The summed E-state index contributed by atoms with van der Waals surface area (Å²) in [6.45, 7) is 5.62. The Morgan fingerprint density at radius 3 is 2.39 bits per heavy atom. The molecule has 0 bridgehead atoms. The van der Waals surface area contributed by atoms with E-state index in [4.69, 9.17) is 0 Å². The fraction of sp³-hybridized carbons (Fsp3) is 0.375. The first-order valence-electron chi connectivity index (χ1n) is 7.18. The van der Waals surface area contributed by atoms with Crippen molar-refractivity contribution in [1.82, 2.24) is 4.83 Å². The van der Waals surface area contributed by atoms with Crippen molar-refractivity contribution in [2.75, 3.05) is 0 Å². The largest absolute Gasteiger partial charge is 0.511 e. The first-order chi connectivity index (χ1) is 10.6. The first-order valence-corrected chi connectivity index (χ1v) is 8.66. The van der Waals surface area contributed by atoms with Gasteiger partial charge in [-0.3, -0.25) is 4.79 Å². The van der Waals surface area contributed by atoms with Crippen molar-refractivity contribution in [2.45, 2.75) is 38.5 Å². The van der Waals surface area contributed by atoms with E-state index in [2.05, 4.69) is 5.10 Å². The van der Waals surface area contributed by atoms with E-state index in [-0.39, 0.29) is 33.8 Å². The van der Waals surface area contributed by atoms with Gasteiger partial charge in [0.05, 0.1) is 16.7 Å². The van der Waals surface area contributed by atoms with Gasteiger partial charge in [-0.05, 0) is 24.5 Å². The minimum Gasteiger partial charge on any atom is -0.511 e. The number of aliphatic hydroxyl groups is 1. The summed E-state index contributed by atoms with van der Waals surface area (Å²) in [4.78, 5) is 14.1.